The Bertz CT molecular complexity index is 915. The highest BCUT2D eigenvalue weighted by molar-refractivity contribution is 6.08. The van der Waals surface area contributed by atoms with Crippen molar-refractivity contribution in [1.82, 2.24) is 4.98 Å². The van der Waals surface area contributed by atoms with Gasteiger partial charge < -0.3 is 4.98 Å². The van der Waals surface area contributed by atoms with Gasteiger partial charge in [-0.15, -0.1) is 0 Å². The number of hydrogen-bond donors (Lipinski definition) is 1. The molecule has 0 amide bonds. The molecule has 0 fully saturated rings. The molecule has 3 aromatic carbocycles. The molecule has 0 aliphatic heterocycles. The topological polar surface area (TPSA) is 15.8 Å². The van der Waals surface area contributed by atoms with Gasteiger partial charge in [0.1, 0.15) is 0 Å². The van der Waals surface area contributed by atoms with Crippen LogP contribution in [0.15, 0.2) is 66.7 Å². The van der Waals surface area contributed by atoms with Crippen LogP contribution in [-0.2, 0) is 0 Å². The van der Waals surface area contributed by atoms with E-state index in [1.807, 2.05) is 0 Å². The number of nitrogens with one attached hydrogen (secondary N) is 1. The second-order valence-corrected chi connectivity index (χ2v) is 5.30. The highest BCUT2D eigenvalue weighted by atomic mass is 14.7. The number of aryl methyl sites for hydroxylation is 1. The lowest BCUT2D eigenvalue weighted by atomic mass is 10.0. The third kappa shape index (κ3) is 1.71. The number of aromatic nitrogens is 1. The third-order valence-corrected chi connectivity index (χ3v) is 3.86. The monoisotopic (exact) mass is 257 g/mol. The Morgan fingerprint density at radius 3 is 2.35 bits per heavy atom. The summed E-state index contributed by atoms with van der Waals surface area (Å²) in [5.74, 6) is 0. The molecule has 0 unspecified atom stereocenters. The summed E-state index contributed by atoms with van der Waals surface area (Å²) in [5.41, 5.74) is 6.23. The molecule has 0 atom stereocenters. The number of para-hydroxylation sites is 1. The molecular formula is C19H15N. The molecule has 4 rings (SSSR count). The lowest BCUT2D eigenvalue weighted by molar-refractivity contribution is 1.47. The molecule has 0 aliphatic carbocycles. The van der Waals surface area contributed by atoms with Crippen LogP contribution in [0.4, 0.5) is 0 Å². The predicted molar refractivity (Wildman–Crippen MR) is 86.0 cm³/mol. The SMILES string of the molecule is Cc1cccc(-c2ccc3[nH]c4ccccc4c3c2)c1. The standard InChI is InChI=1S/C19H15N/c1-13-5-4-6-14(11-13)15-9-10-19-17(12-15)16-7-2-3-8-18(16)20-19/h2-12,20H,1H3. The first-order valence-corrected chi connectivity index (χ1v) is 6.89. The second kappa shape index (κ2) is 4.24. The van der Waals surface area contributed by atoms with Crippen molar-refractivity contribution in [3.8, 4) is 11.1 Å². The fourth-order valence-corrected chi connectivity index (χ4v) is 2.85. The molecule has 0 spiro atoms. The zero-order chi connectivity index (χ0) is 13.5. The van der Waals surface area contributed by atoms with Crippen LogP contribution in [-0.4, -0.2) is 4.98 Å². The fraction of sp³-hybridized carbons (Fsp3) is 0.0526. The second-order valence-electron chi connectivity index (χ2n) is 5.30. The largest absolute Gasteiger partial charge is 0.355 e. The van der Waals surface area contributed by atoms with Crippen molar-refractivity contribution in [2.24, 2.45) is 0 Å². The van der Waals surface area contributed by atoms with E-state index in [0.717, 1.165) is 0 Å². The third-order valence-electron chi connectivity index (χ3n) is 3.86. The predicted octanol–water partition coefficient (Wildman–Crippen LogP) is 5.30. The van der Waals surface area contributed by atoms with Crippen LogP contribution in [0.25, 0.3) is 32.9 Å². The average molecular weight is 257 g/mol. The van der Waals surface area contributed by atoms with Crippen molar-refractivity contribution in [2.45, 2.75) is 6.92 Å². The van der Waals surface area contributed by atoms with E-state index in [1.54, 1.807) is 0 Å². The van der Waals surface area contributed by atoms with Crippen LogP contribution in [0.3, 0.4) is 0 Å². The Morgan fingerprint density at radius 2 is 1.45 bits per heavy atom. The summed E-state index contributed by atoms with van der Waals surface area (Å²) < 4.78 is 0. The van der Waals surface area contributed by atoms with Gasteiger partial charge in [-0.25, -0.2) is 0 Å². The van der Waals surface area contributed by atoms with Gasteiger partial charge in [-0.3, -0.25) is 0 Å². The van der Waals surface area contributed by atoms with Crippen molar-refractivity contribution >= 4 is 21.8 Å². The van der Waals surface area contributed by atoms with E-state index in [1.165, 1.54) is 38.5 Å². The van der Waals surface area contributed by atoms with Gasteiger partial charge in [-0.2, -0.15) is 0 Å². The smallest absolute Gasteiger partial charge is 0.0465 e. The van der Waals surface area contributed by atoms with Crippen molar-refractivity contribution in [1.29, 1.82) is 0 Å². The van der Waals surface area contributed by atoms with Crippen LogP contribution in [0.5, 0.6) is 0 Å². The van der Waals surface area contributed by atoms with E-state index in [0.29, 0.717) is 0 Å². The first kappa shape index (κ1) is 11.3. The van der Waals surface area contributed by atoms with E-state index in [9.17, 15) is 0 Å². The highest BCUT2D eigenvalue weighted by Crippen LogP contribution is 2.30. The minimum Gasteiger partial charge on any atom is -0.355 e. The molecule has 1 N–H and O–H groups in total. The van der Waals surface area contributed by atoms with Gasteiger partial charge in [0.2, 0.25) is 0 Å². The molecule has 20 heavy (non-hydrogen) atoms. The molecule has 0 radical (unpaired) electrons. The minimum atomic E-state index is 1.20. The fourth-order valence-electron chi connectivity index (χ4n) is 2.85. The Kier molecular flexibility index (Phi) is 2.40. The van der Waals surface area contributed by atoms with Gasteiger partial charge >= 0.3 is 0 Å². The van der Waals surface area contributed by atoms with Gasteiger partial charge in [-0.1, -0.05) is 54.1 Å². The summed E-state index contributed by atoms with van der Waals surface area (Å²) in [6, 6.07) is 23.8. The first-order chi connectivity index (χ1) is 9.81. The summed E-state index contributed by atoms with van der Waals surface area (Å²) in [4.78, 5) is 3.47. The maximum absolute atomic E-state index is 3.47. The molecule has 1 heteroatoms. The Balaban J connectivity index is 2.00. The zero-order valence-electron chi connectivity index (χ0n) is 11.4. The molecule has 1 heterocycles. The van der Waals surface area contributed by atoms with Crippen molar-refractivity contribution < 1.29 is 0 Å². The van der Waals surface area contributed by atoms with Crippen molar-refractivity contribution in [2.75, 3.05) is 0 Å². The highest BCUT2D eigenvalue weighted by Gasteiger charge is 2.05. The molecule has 1 aromatic heterocycles. The number of benzene rings is 3. The molecule has 1 nitrogen and oxygen atoms in total. The maximum atomic E-state index is 3.47. The van der Waals surface area contributed by atoms with Crippen LogP contribution in [0.2, 0.25) is 0 Å². The van der Waals surface area contributed by atoms with E-state index in [-0.39, 0.29) is 0 Å². The molecule has 0 saturated heterocycles. The van der Waals surface area contributed by atoms with E-state index < -0.39 is 0 Å². The zero-order valence-corrected chi connectivity index (χ0v) is 11.4. The van der Waals surface area contributed by atoms with Gasteiger partial charge in [0.15, 0.2) is 0 Å². The van der Waals surface area contributed by atoms with Crippen molar-refractivity contribution in [3.63, 3.8) is 0 Å². The summed E-state index contributed by atoms with van der Waals surface area (Å²) in [5, 5.41) is 2.58. The molecule has 0 aliphatic rings. The molecular weight excluding hydrogens is 242 g/mol. The van der Waals surface area contributed by atoms with E-state index >= 15 is 0 Å². The molecule has 0 bridgehead atoms. The number of aromatic amines is 1. The maximum Gasteiger partial charge on any atom is 0.0465 e. The van der Waals surface area contributed by atoms with Crippen LogP contribution >= 0.6 is 0 Å². The van der Waals surface area contributed by atoms with Crippen LogP contribution in [0.1, 0.15) is 5.56 Å². The van der Waals surface area contributed by atoms with Gasteiger partial charge in [0.05, 0.1) is 0 Å². The van der Waals surface area contributed by atoms with Gasteiger partial charge in [0, 0.05) is 21.8 Å². The van der Waals surface area contributed by atoms with E-state index in [4.69, 9.17) is 0 Å². The number of fused-ring (bicyclic) bond motifs is 3. The number of rotatable bonds is 1. The lowest BCUT2D eigenvalue weighted by Gasteiger charge is -2.03. The average Bonchev–Trinajstić information content (AvgIpc) is 2.85. The number of H-pyrrole nitrogens is 1. The summed E-state index contributed by atoms with van der Waals surface area (Å²) in [6.07, 6.45) is 0. The molecule has 0 saturated carbocycles. The van der Waals surface area contributed by atoms with Gasteiger partial charge in [-0.05, 0) is 36.2 Å². The summed E-state index contributed by atoms with van der Waals surface area (Å²) in [7, 11) is 0. The Labute approximate surface area is 117 Å². The van der Waals surface area contributed by atoms with Gasteiger partial charge in [0.25, 0.3) is 0 Å². The quantitative estimate of drug-likeness (QED) is 0.476. The summed E-state index contributed by atoms with van der Waals surface area (Å²) >= 11 is 0. The number of hydrogen-bond acceptors (Lipinski definition) is 0. The van der Waals surface area contributed by atoms with Crippen molar-refractivity contribution in [3.05, 3.63) is 72.3 Å². The minimum absolute atomic E-state index is 1.20. The van der Waals surface area contributed by atoms with Crippen LogP contribution in [0, 0.1) is 6.92 Å². The molecule has 96 valence electrons. The summed E-state index contributed by atoms with van der Waals surface area (Å²) in [6.45, 7) is 2.13. The Morgan fingerprint density at radius 1 is 0.650 bits per heavy atom. The lowest BCUT2D eigenvalue weighted by Crippen LogP contribution is -1.79. The molecule has 4 aromatic rings. The van der Waals surface area contributed by atoms with Crippen LogP contribution < -0.4 is 0 Å². The van der Waals surface area contributed by atoms with E-state index in [2.05, 4.69) is 78.6 Å². The normalized spacial score (nSPS) is 11.2. The first-order valence-electron chi connectivity index (χ1n) is 6.89. The Hall–Kier alpha value is -2.54.